The van der Waals surface area contributed by atoms with Crippen LogP contribution in [-0.2, 0) is 47.6 Å². The van der Waals surface area contributed by atoms with Gasteiger partial charge in [-0.15, -0.1) is 0 Å². The van der Waals surface area contributed by atoms with Gasteiger partial charge in [0.15, 0.2) is 18.3 Å². The molecule has 19 heteroatoms. The number of ether oxygens (including phenoxy) is 7. The van der Waals surface area contributed by atoms with E-state index in [9.17, 15) is 19.2 Å². The lowest BCUT2D eigenvalue weighted by molar-refractivity contribution is -0.301. The van der Waals surface area contributed by atoms with E-state index in [2.05, 4.69) is 135 Å². The molecule has 0 amide bonds. The fraction of sp³-hybridized carbons (Fsp3) is 0.660. The minimum Gasteiger partial charge on any atom is -0.543 e. The zero-order valence-electron chi connectivity index (χ0n) is 47.8. The number of fused-ring (bicyclic) bond motifs is 1. The van der Waals surface area contributed by atoms with Crippen LogP contribution in [0.2, 0.25) is 72.5 Å². The van der Waals surface area contributed by atoms with Crippen molar-refractivity contribution in [1.29, 1.82) is 0 Å². The third kappa shape index (κ3) is 14.5. The first-order valence-corrected chi connectivity index (χ1v) is 36.5. The Bertz CT molecular complexity index is 2350. The maximum atomic E-state index is 13.0. The molecule has 1 fully saturated rings. The molecule has 2 aromatic rings. The average Bonchev–Trinajstić information content (AvgIpc) is 3.17. The summed E-state index contributed by atoms with van der Waals surface area (Å²) in [6.45, 7) is 47.8. The maximum absolute atomic E-state index is 13.0. The molecule has 15 nitrogen and oxygen atoms in total. The summed E-state index contributed by atoms with van der Waals surface area (Å²) in [6, 6.07) is 9.52. The first-order valence-electron chi connectivity index (χ1n) is 24.9. The average molecular weight is 1080 g/mol. The van der Waals surface area contributed by atoms with Gasteiger partial charge >= 0.3 is 23.9 Å². The molecule has 2 aromatic carbocycles. The molecular weight excluding hydrogens is 989 g/mol. The van der Waals surface area contributed by atoms with E-state index in [1.165, 1.54) is 27.7 Å². The molecule has 0 aliphatic carbocycles. The Kier molecular flexibility index (Phi) is 18.0. The van der Waals surface area contributed by atoms with Crippen LogP contribution >= 0.6 is 0 Å². The summed E-state index contributed by atoms with van der Waals surface area (Å²) in [4.78, 5) is 50.7. The molecule has 2 aliphatic heterocycles. The van der Waals surface area contributed by atoms with Gasteiger partial charge in [-0.2, -0.15) is 0 Å². The Morgan fingerprint density at radius 3 is 1.44 bits per heavy atom. The molecule has 4 rings (SSSR count). The van der Waals surface area contributed by atoms with Gasteiger partial charge in [0.1, 0.15) is 47.2 Å². The second kappa shape index (κ2) is 21.5. The van der Waals surface area contributed by atoms with Gasteiger partial charge < -0.3 is 50.9 Å². The molecule has 0 N–H and O–H groups in total. The molecule has 0 aromatic heterocycles. The van der Waals surface area contributed by atoms with Crippen molar-refractivity contribution in [1.82, 2.24) is 0 Å². The molecule has 72 heavy (non-hydrogen) atoms. The van der Waals surface area contributed by atoms with Crippen LogP contribution in [0.5, 0.6) is 28.7 Å². The van der Waals surface area contributed by atoms with Gasteiger partial charge in [0.25, 0.3) is 25.0 Å². The van der Waals surface area contributed by atoms with Crippen LogP contribution in [0.25, 0.3) is 6.08 Å². The highest BCUT2D eigenvalue weighted by Crippen LogP contribution is 2.51. The molecule has 0 bridgehead atoms. The normalized spacial score (nSPS) is 21.2. The molecule has 2 heterocycles. The number of hydrogen-bond donors (Lipinski definition) is 0. The SMILES string of the molecule is CC(=O)OCC1OC(OC2=Cc3c(cc(O[Si](C)(C)C(C)(C)C)cc3O[Si](C)(C)C(C)(C)C)O[C@@H]2c2ccc(O[Si](C)(C)C(C)(C)C)c(O[Si](C)(C)C(C)(C)C)c2)C(OC(C)=O)C(OC(C)=O)C1OC(C)=O. The zero-order valence-corrected chi connectivity index (χ0v) is 51.8. The van der Waals surface area contributed by atoms with Crippen LogP contribution in [0, 0.1) is 0 Å². The predicted octanol–water partition coefficient (Wildman–Crippen LogP) is 12.8. The molecule has 1 saturated heterocycles. The molecular formula is C53H86O15Si4. The Hall–Kier alpha value is -4.31. The van der Waals surface area contributed by atoms with Crippen molar-refractivity contribution < 1.29 is 70.0 Å². The second-order valence-corrected chi connectivity index (χ2v) is 44.1. The molecule has 6 atom stereocenters. The smallest absolute Gasteiger partial charge is 0.303 e. The van der Waals surface area contributed by atoms with Crippen molar-refractivity contribution in [3.8, 4) is 28.7 Å². The lowest BCUT2D eigenvalue weighted by atomic mass is 9.97. The molecule has 0 saturated carbocycles. The van der Waals surface area contributed by atoms with Crippen LogP contribution in [0.1, 0.15) is 128 Å². The zero-order chi connectivity index (χ0) is 55.1. The van der Waals surface area contributed by atoms with E-state index in [1.807, 2.05) is 36.4 Å². The van der Waals surface area contributed by atoms with Crippen molar-refractivity contribution >= 4 is 63.2 Å². The van der Waals surface area contributed by atoms with E-state index < -0.39 is 101 Å². The lowest BCUT2D eigenvalue weighted by Gasteiger charge is -2.45. The first-order chi connectivity index (χ1) is 32.5. The van der Waals surface area contributed by atoms with Crippen molar-refractivity contribution in [3.63, 3.8) is 0 Å². The first kappa shape index (κ1) is 60.2. The Labute approximate surface area is 434 Å². The van der Waals surface area contributed by atoms with Gasteiger partial charge in [-0.3, -0.25) is 19.2 Å². The fourth-order valence-corrected chi connectivity index (χ4v) is 10.8. The van der Waals surface area contributed by atoms with Crippen molar-refractivity contribution in [2.45, 2.75) is 220 Å². The van der Waals surface area contributed by atoms with Gasteiger partial charge in [-0.05, 0) is 90.7 Å². The number of rotatable bonds is 16. The van der Waals surface area contributed by atoms with E-state index in [-0.39, 0.29) is 25.9 Å². The summed E-state index contributed by atoms with van der Waals surface area (Å²) < 4.78 is 71.7. The Balaban J connectivity index is 2.13. The van der Waals surface area contributed by atoms with Gasteiger partial charge in [0.2, 0.25) is 20.7 Å². The Morgan fingerprint density at radius 2 is 0.972 bits per heavy atom. The summed E-state index contributed by atoms with van der Waals surface area (Å²) in [5, 5.41) is -0.645. The molecule has 404 valence electrons. The Morgan fingerprint density at radius 1 is 0.528 bits per heavy atom. The summed E-state index contributed by atoms with van der Waals surface area (Å²) in [5.74, 6) is -0.0669. The topological polar surface area (TPSA) is 170 Å². The van der Waals surface area contributed by atoms with Crippen molar-refractivity contribution in [2.75, 3.05) is 6.61 Å². The standard InChI is InChI=1S/C53H86O15Si4/c1-32(54)58-31-44-46(59-33(2)55)47(60-34(3)56)48(61-35(4)57)49(64-44)63-43-30-38-40(28-37(65-69(17,18)50(5,6)7)29-41(38)67-71(21,22)52(11,12)13)62-45(43)36-25-26-39(66-70(19,20)51(8,9)10)42(27-36)68-72(23,24)53(14,15)16/h25-30,44-49H,31H2,1-24H3/t44?,45-,46?,47?,48?,49?/m1/s1. The molecule has 5 unspecified atom stereocenters. The van der Waals surface area contributed by atoms with E-state index in [4.69, 9.17) is 50.9 Å². The van der Waals surface area contributed by atoms with Gasteiger partial charge in [0.05, 0.1) is 5.56 Å². The third-order valence-electron chi connectivity index (χ3n) is 15.0. The number of carbonyl (C=O) groups excluding carboxylic acids is 4. The lowest BCUT2D eigenvalue weighted by Crippen LogP contribution is -2.63. The third-order valence-corrected chi connectivity index (χ3v) is 32.4. The summed E-state index contributed by atoms with van der Waals surface area (Å²) in [5.41, 5.74) is 1.16. The maximum Gasteiger partial charge on any atom is 0.303 e. The summed E-state index contributed by atoms with van der Waals surface area (Å²) in [6.07, 6.45) is -6.46. The van der Waals surface area contributed by atoms with Crippen LogP contribution in [0.4, 0.5) is 0 Å². The van der Waals surface area contributed by atoms with Crippen LogP contribution < -0.4 is 22.4 Å². The highest BCUT2D eigenvalue weighted by molar-refractivity contribution is 6.76. The number of carbonyl (C=O) groups is 4. The van der Waals surface area contributed by atoms with Crippen molar-refractivity contribution in [2.24, 2.45) is 0 Å². The predicted molar refractivity (Wildman–Crippen MR) is 289 cm³/mol. The van der Waals surface area contributed by atoms with Crippen LogP contribution in [-0.4, -0.2) is 94.5 Å². The van der Waals surface area contributed by atoms with E-state index in [0.717, 1.165) is 0 Å². The largest absolute Gasteiger partial charge is 0.543 e. The van der Waals surface area contributed by atoms with Gasteiger partial charge in [-0.25, -0.2) is 0 Å². The van der Waals surface area contributed by atoms with E-state index >= 15 is 0 Å². The number of hydrogen-bond acceptors (Lipinski definition) is 15. The summed E-state index contributed by atoms with van der Waals surface area (Å²) >= 11 is 0. The quantitative estimate of drug-likeness (QED) is 0.0883. The van der Waals surface area contributed by atoms with E-state index in [1.54, 1.807) is 0 Å². The minimum atomic E-state index is -2.56. The van der Waals surface area contributed by atoms with Crippen LogP contribution in [0.3, 0.4) is 0 Å². The van der Waals surface area contributed by atoms with Crippen molar-refractivity contribution in [3.05, 3.63) is 47.2 Å². The summed E-state index contributed by atoms with van der Waals surface area (Å²) in [7, 11) is -9.91. The molecule has 0 radical (unpaired) electrons. The number of benzene rings is 2. The number of esters is 4. The highest BCUT2D eigenvalue weighted by atomic mass is 28.4. The second-order valence-electron chi connectivity index (χ2n) is 25.2. The van der Waals surface area contributed by atoms with Gasteiger partial charge in [0, 0.05) is 45.4 Å². The highest BCUT2D eigenvalue weighted by Gasteiger charge is 2.54. The minimum absolute atomic E-state index is 0.127. The monoisotopic (exact) mass is 1070 g/mol. The van der Waals surface area contributed by atoms with Gasteiger partial charge in [-0.1, -0.05) is 89.2 Å². The fourth-order valence-electron chi connectivity index (χ4n) is 6.69. The molecule has 0 spiro atoms. The van der Waals surface area contributed by atoms with Crippen LogP contribution in [0.15, 0.2) is 36.1 Å². The molecule has 2 aliphatic rings. The van der Waals surface area contributed by atoms with E-state index in [0.29, 0.717) is 39.9 Å².